The summed E-state index contributed by atoms with van der Waals surface area (Å²) in [6.45, 7) is 0. The highest BCUT2D eigenvalue weighted by molar-refractivity contribution is 5.70. The van der Waals surface area contributed by atoms with Gasteiger partial charge in [-0.15, -0.1) is 0 Å². The second-order valence-corrected chi connectivity index (χ2v) is 3.24. The molecule has 0 amide bonds. The first-order valence-electron chi connectivity index (χ1n) is 4.99. The van der Waals surface area contributed by atoms with Gasteiger partial charge in [0.2, 0.25) is 0 Å². The number of allylic oxidation sites excluding steroid dienone is 1. The molecular weight excluding hydrogens is 202 g/mol. The van der Waals surface area contributed by atoms with Crippen LogP contribution >= 0.6 is 0 Å². The maximum atomic E-state index is 11.0. The van der Waals surface area contributed by atoms with Gasteiger partial charge in [0.05, 0.1) is 13.2 Å². The zero-order chi connectivity index (χ0) is 11.8. The average molecular weight is 215 g/mol. The normalized spacial score (nSPS) is 10.0. The zero-order valence-electron chi connectivity index (χ0n) is 9.14. The lowest BCUT2D eigenvalue weighted by atomic mass is 10.0. The number of ether oxygens (including phenoxy) is 1. The first-order chi connectivity index (χ1) is 7.77. The lowest BCUT2D eigenvalue weighted by Gasteiger charge is -2.04. The molecule has 3 nitrogen and oxygen atoms in total. The summed E-state index contributed by atoms with van der Waals surface area (Å²) in [7, 11) is 1.38. The molecule has 16 heavy (non-hydrogen) atoms. The molecule has 1 rings (SSSR count). The van der Waals surface area contributed by atoms with Crippen LogP contribution in [0.5, 0.6) is 0 Å². The molecule has 0 saturated carbocycles. The van der Waals surface area contributed by atoms with Gasteiger partial charge in [-0.25, -0.2) is 0 Å². The predicted molar refractivity (Wildman–Crippen MR) is 61.4 cm³/mol. The zero-order valence-corrected chi connectivity index (χ0v) is 9.14. The highest BCUT2D eigenvalue weighted by Gasteiger charge is 2.03. The summed E-state index contributed by atoms with van der Waals surface area (Å²) < 4.78 is 4.58. The minimum Gasteiger partial charge on any atom is -0.469 e. The van der Waals surface area contributed by atoms with Crippen LogP contribution in [-0.2, 0) is 16.0 Å². The van der Waals surface area contributed by atoms with E-state index in [4.69, 9.17) is 5.26 Å². The molecular formula is C13H13NO2. The second kappa shape index (κ2) is 6.41. The molecule has 0 aliphatic carbocycles. The number of aryl methyl sites for hydroxylation is 1. The molecule has 82 valence electrons. The van der Waals surface area contributed by atoms with Crippen molar-refractivity contribution in [3.05, 3.63) is 41.5 Å². The fourth-order valence-corrected chi connectivity index (χ4v) is 1.39. The van der Waals surface area contributed by atoms with Crippen molar-refractivity contribution in [2.45, 2.75) is 12.8 Å². The number of nitriles is 1. The maximum absolute atomic E-state index is 11.0. The lowest BCUT2D eigenvalue weighted by molar-refractivity contribution is -0.140. The van der Waals surface area contributed by atoms with Gasteiger partial charge < -0.3 is 4.74 Å². The van der Waals surface area contributed by atoms with Crippen molar-refractivity contribution in [1.82, 2.24) is 0 Å². The monoisotopic (exact) mass is 215 g/mol. The third-order valence-electron chi connectivity index (χ3n) is 2.22. The Bertz CT molecular complexity index is 430. The first kappa shape index (κ1) is 12.0. The Balaban J connectivity index is 2.75. The highest BCUT2D eigenvalue weighted by atomic mass is 16.5. The summed E-state index contributed by atoms with van der Waals surface area (Å²) in [5, 5.41) is 8.46. The smallest absolute Gasteiger partial charge is 0.305 e. The fraction of sp³-hybridized carbons (Fsp3) is 0.231. The van der Waals surface area contributed by atoms with Crippen molar-refractivity contribution in [2.75, 3.05) is 7.11 Å². The van der Waals surface area contributed by atoms with Gasteiger partial charge in [-0.05, 0) is 23.6 Å². The minimum atomic E-state index is -0.223. The largest absolute Gasteiger partial charge is 0.469 e. The molecule has 0 aliphatic rings. The molecule has 0 saturated heterocycles. The fourth-order valence-electron chi connectivity index (χ4n) is 1.39. The van der Waals surface area contributed by atoms with Crippen molar-refractivity contribution in [3.63, 3.8) is 0 Å². The number of rotatable bonds is 4. The van der Waals surface area contributed by atoms with Gasteiger partial charge in [-0.2, -0.15) is 5.26 Å². The van der Waals surface area contributed by atoms with Crippen LogP contribution in [0.2, 0.25) is 0 Å². The van der Waals surface area contributed by atoms with Crippen LogP contribution in [0.4, 0.5) is 0 Å². The molecule has 0 radical (unpaired) electrons. The number of carbonyl (C=O) groups excluding carboxylic acids is 1. The topological polar surface area (TPSA) is 50.1 Å². The van der Waals surface area contributed by atoms with Gasteiger partial charge in [0, 0.05) is 12.5 Å². The van der Waals surface area contributed by atoms with Crippen LogP contribution in [0.15, 0.2) is 30.3 Å². The Morgan fingerprint density at radius 3 is 2.94 bits per heavy atom. The predicted octanol–water partition coefficient (Wildman–Crippen LogP) is 2.33. The first-order valence-corrected chi connectivity index (χ1v) is 4.99. The number of carbonyl (C=O) groups is 1. The van der Waals surface area contributed by atoms with E-state index in [0.29, 0.717) is 12.8 Å². The van der Waals surface area contributed by atoms with E-state index in [1.165, 1.54) is 13.2 Å². The van der Waals surface area contributed by atoms with Crippen molar-refractivity contribution >= 4 is 12.0 Å². The molecule has 0 atom stereocenters. The maximum Gasteiger partial charge on any atom is 0.305 e. The van der Waals surface area contributed by atoms with E-state index in [9.17, 15) is 4.79 Å². The quantitative estimate of drug-likeness (QED) is 0.572. The summed E-state index contributed by atoms with van der Waals surface area (Å²) in [6, 6.07) is 9.62. The summed E-state index contributed by atoms with van der Waals surface area (Å²) in [6.07, 6.45) is 4.15. The number of methoxy groups -OCH3 is 1. The van der Waals surface area contributed by atoms with Gasteiger partial charge in [0.15, 0.2) is 0 Å². The molecule has 0 N–H and O–H groups in total. The minimum absolute atomic E-state index is 0.223. The number of nitrogens with zero attached hydrogens (tertiary/aromatic N) is 1. The standard InChI is InChI=1S/C13H13NO2/c1-16-13(15)9-8-12-6-3-2-5-11(12)7-4-10-14/h2-7H,8-9H2,1H3/b7-4+. The highest BCUT2D eigenvalue weighted by Crippen LogP contribution is 2.13. The molecule has 0 bridgehead atoms. The van der Waals surface area contributed by atoms with E-state index in [0.717, 1.165) is 11.1 Å². The molecule has 0 unspecified atom stereocenters. The van der Waals surface area contributed by atoms with E-state index in [1.54, 1.807) is 6.08 Å². The Morgan fingerprint density at radius 2 is 2.25 bits per heavy atom. The third-order valence-corrected chi connectivity index (χ3v) is 2.22. The number of benzene rings is 1. The van der Waals surface area contributed by atoms with E-state index < -0.39 is 0 Å². The summed E-state index contributed by atoms with van der Waals surface area (Å²) >= 11 is 0. The number of hydrogen-bond donors (Lipinski definition) is 0. The van der Waals surface area contributed by atoms with Crippen LogP contribution in [0.3, 0.4) is 0 Å². The van der Waals surface area contributed by atoms with E-state index in [-0.39, 0.29) is 5.97 Å². The summed E-state index contributed by atoms with van der Waals surface area (Å²) in [4.78, 5) is 11.0. The van der Waals surface area contributed by atoms with Crippen LogP contribution < -0.4 is 0 Å². The molecule has 0 aromatic heterocycles. The van der Waals surface area contributed by atoms with Crippen molar-refractivity contribution in [3.8, 4) is 6.07 Å². The Kier molecular flexibility index (Phi) is 4.81. The summed E-state index contributed by atoms with van der Waals surface area (Å²) in [5.74, 6) is -0.223. The SMILES string of the molecule is COC(=O)CCc1ccccc1/C=C/C#N. The van der Waals surface area contributed by atoms with E-state index in [2.05, 4.69) is 4.74 Å². The molecule has 3 heteroatoms. The Hall–Kier alpha value is -2.08. The molecule has 0 aliphatic heterocycles. The van der Waals surface area contributed by atoms with Gasteiger partial charge >= 0.3 is 5.97 Å². The number of esters is 1. The van der Waals surface area contributed by atoms with Gasteiger partial charge in [-0.1, -0.05) is 24.3 Å². The molecule has 0 spiro atoms. The Morgan fingerprint density at radius 1 is 1.50 bits per heavy atom. The van der Waals surface area contributed by atoms with E-state index in [1.807, 2.05) is 30.3 Å². The van der Waals surface area contributed by atoms with Crippen LogP contribution in [-0.4, -0.2) is 13.1 Å². The van der Waals surface area contributed by atoms with E-state index >= 15 is 0 Å². The lowest BCUT2D eigenvalue weighted by Crippen LogP contribution is -2.02. The van der Waals surface area contributed by atoms with Crippen LogP contribution in [0.1, 0.15) is 17.5 Å². The van der Waals surface area contributed by atoms with Gasteiger partial charge in [0.25, 0.3) is 0 Å². The average Bonchev–Trinajstić information content (AvgIpc) is 2.34. The molecule has 0 fully saturated rings. The van der Waals surface area contributed by atoms with Crippen LogP contribution in [0, 0.1) is 11.3 Å². The van der Waals surface area contributed by atoms with Crippen molar-refractivity contribution in [1.29, 1.82) is 5.26 Å². The second-order valence-electron chi connectivity index (χ2n) is 3.24. The molecule has 0 heterocycles. The molecule has 1 aromatic rings. The number of hydrogen-bond acceptors (Lipinski definition) is 3. The van der Waals surface area contributed by atoms with Crippen molar-refractivity contribution in [2.24, 2.45) is 0 Å². The van der Waals surface area contributed by atoms with Crippen LogP contribution in [0.25, 0.3) is 6.08 Å². The summed E-state index contributed by atoms with van der Waals surface area (Å²) in [5.41, 5.74) is 2.01. The molecule has 1 aromatic carbocycles. The Labute approximate surface area is 95.0 Å². The third kappa shape index (κ3) is 3.58. The van der Waals surface area contributed by atoms with Gasteiger partial charge in [-0.3, -0.25) is 4.79 Å². The van der Waals surface area contributed by atoms with Crippen molar-refractivity contribution < 1.29 is 9.53 Å². The van der Waals surface area contributed by atoms with Gasteiger partial charge in [0.1, 0.15) is 0 Å².